The fraction of sp³-hybridized carbons (Fsp3) is 0.333. The number of carbonyl (C=O) groups is 2. The standard InChI is InChI=1S/C18H20N4O3/c1-11(2)17(23)22-7-5-14(9-15(22)19)21-6-3-4-12-8-13(18(24)25)10-20-16(12)21/h5,7-11,19H,3-4,6H2,1-2H3,(H,24,25). The van der Waals surface area contributed by atoms with Crippen molar-refractivity contribution in [3.63, 3.8) is 0 Å². The zero-order chi connectivity index (χ0) is 18.1. The Labute approximate surface area is 145 Å². The number of hydrogen-bond donors (Lipinski definition) is 2. The lowest BCUT2D eigenvalue weighted by molar-refractivity contribution is 0.0696. The second-order valence-corrected chi connectivity index (χ2v) is 6.40. The highest BCUT2D eigenvalue weighted by Gasteiger charge is 2.22. The van der Waals surface area contributed by atoms with Gasteiger partial charge in [-0.25, -0.2) is 9.78 Å². The number of carboxylic acids is 1. The molecule has 0 saturated heterocycles. The van der Waals surface area contributed by atoms with Gasteiger partial charge in [0.2, 0.25) is 5.91 Å². The third-order valence-corrected chi connectivity index (χ3v) is 4.25. The van der Waals surface area contributed by atoms with Crippen LogP contribution in [0, 0.1) is 11.3 Å². The Hall–Kier alpha value is -2.96. The summed E-state index contributed by atoms with van der Waals surface area (Å²) < 4.78 is 1.33. The first-order chi connectivity index (χ1) is 11.9. The van der Waals surface area contributed by atoms with Crippen molar-refractivity contribution in [1.82, 2.24) is 9.55 Å². The molecule has 1 aliphatic rings. The number of aromatic carboxylic acids is 1. The van der Waals surface area contributed by atoms with Gasteiger partial charge in [0.05, 0.1) is 5.56 Å². The molecule has 3 heterocycles. The molecular weight excluding hydrogens is 320 g/mol. The molecule has 2 aromatic rings. The second-order valence-electron chi connectivity index (χ2n) is 6.40. The summed E-state index contributed by atoms with van der Waals surface area (Å²) in [6.07, 6.45) is 4.60. The fourth-order valence-corrected chi connectivity index (χ4v) is 2.96. The molecule has 130 valence electrons. The topological polar surface area (TPSA) is 99.3 Å². The number of fused-ring (bicyclic) bond motifs is 1. The average molecular weight is 340 g/mol. The van der Waals surface area contributed by atoms with Crippen molar-refractivity contribution in [2.75, 3.05) is 11.4 Å². The van der Waals surface area contributed by atoms with Crippen LogP contribution in [-0.2, 0) is 6.42 Å². The predicted molar refractivity (Wildman–Crippen MR) is 92.3 cm³/mol. The first-order valence-electron chi connectivity index (χ1n) is 8.19. The molecule has 0 aromatic carbocycles. The first kappa shape index (κ1) is 16.9. The average Bonchev–Trinajstić information content (AvgIpc) is 2.59. The number of nitrogens with one attached hydrogen (secondary N) is 1. The molecule has 3 rings (SSSR count). The van der Waals surface area contributed by atoms with E-state index in [0.29, 0.717) is 5.82 Å². The quantitative estimate of drug-likeness (QED) is 0.894. The number of aromatic nitrogens is 2. The molecule has 0 aliphatic carbocycles. The van der Waals surface area contributed by atoms with E-state index in [-0.39, 0.29) is 22.9 Å². The van der Waals surface area contributed by atoms with E-state index < -0.39 is 5.97 Å². The van der Waals surface area contributed by atoms with Crippen LogP contribution in [0.5, 0.6) is 0 Å². The summed E-state index contributed by atoms with van der Waals surface area (Å²) in [6.45, 7) is 4.33. The van der Waals surface area contributed by atoms with Crippen LogP contribution < -0.4 is 10.4 Å². The molecule has 0 spiro atoms. The van der Waals surface area contributed by atoms with E-state index in [9.17, 15) is 9.59 Å². The van der Waals surface area contributed by atoms with Gasteiger partial charge in [-0.2, -0.15) is 0 Å². The lowest BCUT2D eigenvalue weighted by Gasteiger charge is -2.30. The van der Waals surface area contributed by atoms with Crippen molar-refractivity contribution in [3.05, 3.63) is 47.2 Å². The van der Waals surface area contributed by atoms with Gasteiger partial charge in [-0.15, -0.1) is 0 Å². The van der Waals surface area contributed by atoms with Crippen molar-refractivity contribution in [3.8, 4) is 0 Å². The summed E-state index contributed by atoms with van der Waals surface area (Å²) in [5, 5.41) is 17.3. The molecule has 0 saturated carbocycles. The molecule has 0 radical (unpaired) electrons. The Bertz CT molecular complexity index is 901. The monoisotopic (exact) mass is 340 g/mol. The maximum atomic E-state index is 12.1. The highest BCUT2D eigenvalue weighted by molar-refractivity contribution is 5.88. The molecule has 0 amide bonds. The molecule has 0 atom stereocenters. The van der Waals surface area contributed by atoms with Crippen molar-refractivity contribution < 1.29 is 14.7 Å². The van der Waals surface area contributed by atoms with Gasteiger partial charge < -0.3 is 10.0 Å². The van der Waals surface area contributed by atoms with Gasteiger partial charge in [-0.3, -0.25) is 14.8 Å². The Morgan fingerprint density at radius 3 is 2.72 bits per heavy atom. The molecule has 7 heteroatoms. The Kier molecular flexibility index (Phi) is 4.39. The van der Waals surface area contributed by atoms with Gasteiger partial charge in [0.15, 0.2) is 0 Å². The number of rotatable bonds is 3. The maximum Gasteiger partial charge on any atom is 0.337 e. The van der Waals surface area contributed by atoms with Crippen LogP contribution in [0.2, 0.25) is 0 Å². The number of anilines is 2. The number of pyridine rings is 2. The molecule has 0 bridgehead atoms. The Morgan fingerprint density at radius 1 is 1.32 bits per heavy atom. The third kappa shape index (κ3) is 3.17. The molecule has 2 aromatic heterocycles. The molecule has 0 unspecified atom stereocenters. The molecule has 1 aliphatic heterocycles. The van der Waals surface area contributed by atoms with Crippen molar-refractivity contribution in [1.29, 1.82) is 5.41 Å². The van der Waals surface area contributed by atoms with Gasteiger partial charge in [-0.05, 0) is 30.5 Å². The molecule has 2 N–H and O–H groups in total. The van der Waals surface area contributed by atoms with E-state index in [1.165, 1.54) is 10.8 Å². The Morgan fingerprint density at radius 2 is 2.08 bits per heavy atom. The van der Waals surface area contributed by atoms with Gasteiger partial charge in [0.25, 0.3) is 0 Å². The molecule has 25 heavy (non-hydrogen) atoms. The van der Waals surface area contributed by atoms with Gasteiger partial charge in [-0.1, -0.05) is 13.8 Å². The molecule has 0 fully saturated rings. The second kappa shape index (κ2) is 6.51. The minimum atomic E-state index is -0.992. The van der Waals surface area contributed by atoms with Crippen molar-refractivity contribution in [2.45, 2.75) is 26.7 Å². The van der Waals surface area contributed by atoms with Gasteiger partial charge in [0.1, 0.15) is 11.3 Å². The van der Waals surface area contributed by atoms with E-state index in [2.05, 4.69) is 4.98 Å². The van der Waals surface area contributed by atoms with E-state index in [4.69, 9.17) is 10.5 Å². The van der Waals surface area contributed by atoms with E-state index >= 15 is 0 Å². The number of hydrogen-bond acceptors (Lipinski definition) is 5. The summed E-state index contributed by atoms with van der Waals surface area (Å²) in [5.74, 6) is -0.594. The summed E-state index contributed by atoms with van der Waals surface area (Å²) in [7, 11) is 0. The number of carboxylic acid groups (broad SMARTS) is 1. The normalized spacial score (nSPS) is 13.6. The highest BCUT2D eigenvalue weighted by atomic mass is 16.4. The lowest BCUT2D eigenvalue weighted by atomic mass is 10.0. The van der Waals surface area contributed by atoms with E-state index in [0.717, 1.165) is 30.6 Å². The van der Waals surface area contributed by atoms with Gasteiger partial charge in [0, 0.05) is 36.6 Å². The van der Waals surface area contributed by atoms with E-state index in [1.54, 1.807) is 38.2 Å². The summed E-state index contributed by atoms with van der Waals surface area (Å²) in [6, 6.07) is 5.09. The maximum absolute atomic E-state index is 12.1. The molecular formula is C18H20N4O3. The fourth-order valence-electron chi connectivity index (χ4n) is 2.96. The summed E-state index contributed by atoms with van der Waals surface area (Å²) in [4.78, 5) is 29.5. The lowest BCUT2D eigenvalue weighted by Crippen LogP contribution is -2.31. The smallest absolute Gasteiger partial charge is 0.337 e. The van der Waals surface area contributed by atoms with Crippen LogP contribution in [0.15, 0.2) is 30.6 Å². The SMILES string of the molecule is CC(C)C(=O)n1ccc(N2CCCc3cc(C(=O)O)cnc32)cc1=N. The summed E-state index contributed by atoms with van der Waals surface area (Å²) >= 11 is 0. The van der Waals surface area contributed by atoms with Crippen LogP contribution >= 0.6 is 0 Å². The zero-order valence-corrected chi connectivity index (χ0v) is 14.2. The highest BCUT2D eigenvalue weighted by Crippen LogP contribution is 2.31. The van der Waals surface area contributed by atoms with Crippen molar-refractivity contribution >= 4 is 23.4 Å². The first-order valence-corrected chi connectivity index (χ1v) is 8.19. The minimum Gasteiger partial charge on any atom is -0.478 e. The number of carbonyl (C=O) groups excluding carboxylic acids is 1. The number of aryl methyl sites for hydroxylation is 1. The zero-order valence-electron chi connectivity index (χ0n) is 14.2. The predicted octanol–water partition coefficient (Wildman–Crippen LogP) is 2.44. The van der Waals surface area contributed by atoms with Crippen LogP contribution in [0.1, 0.15) is 41.0 Å². The largest absolute Gasteiger partial charge is 0.478 e. The van der Waals surface area contributed by atoms with Crippen LogP contribution in [0.4, 0.5) is 11.5 Å². The van der Waals surface area contributed by atoms with E-state index in [1.807, 2.05) is 4.90 Å². The van der Waals surface area contributed by atoms with Crippen LogP contribution in [-0.4, -0.2) is 33.1 Å². The van der Waals surface area contributed by atoms with Gasteiger partial charge >= 0.3 is 5.97 Å². The van der Waals surface area contributed by atoms with Crippen LogP contribution in [0.3, 0.4) is 0 Å². The van der Waals surface area contributed by atoms with Crippen molar-refractivity contribution in [2.24, 2.45) is 5.92 Å². The Balaban J connectivity index is 1.99. The number of nitrogens with zero attached hydrogens (tertiary/aromatic N) is 3. The molecule has 7 nitrogen and oxygen atoms in total. The summed E-state index contributed by atoms with van der Waals surface area (Å²) in [5.41, 5.74) is 1.95. The third-order valence-electron chi connectivity index (χ3n) is 4.25. The minimum absolute atomic E-state index is 0.116. The van der Waals surface area contributed by atoms with Crippen LogP contribution in [0.25, 0.3) is 0 Å².